The Morgan fingerprint density at radius 1 is 1.44 bits per heavy atom. The highest BCUT2D eigenvalue weighted by atomic mass is 19.3. The Kier molecular flexibility index (Phi) is 6.26. The molecule has 2 amide bonds. The number of hydrogen-bond donors (Lipinski definition) is 1. The zero-order chi connectivity index (χ0) is 18.4. The van der Waals surface area contributed by atoms with Crippen molar-refractivity contribution < 1.29 is 22.7 Å². The van der Waals surface area contributed by atoms with Crippen molar-refractivity contribution in [1.29, 1.82) is 0 Å². The molecule has 0 radical (unpaired) electrons. The second kappa shape index (κ2) is 8.41. The summed E-state index contributed by atoms with van der Waals surface area (Å²) in [5, 5.41) is 2.61. The summed E-state index contributed by atoms with van der Waals surface area (Å²) in [5.74, 6) is -0.187. The molecule has 0 aliphatic carbocycles. The maximum atomic E-state index is 13.7. The second-order valence-electron chi connectivity index (χ2n) is 5.34. The molecule has 0 saturated carbocycles. The molecule has 0 saturated heterocycles. The van der Waals surface area contributed by atoms with E-state index in [2.05, 4.69) is 10.3 Å². The number of carbonyl (C=O) groups is 1. The van der Waals surface area contributed by atoms with Crippen LogP contribution in [0.15, 0.2) is 30.6 Å². The number of ether oxygens (including phenoxy) is 1. The van der Waals surface area contributed by atoms with Crippen LogP contribution in [0.2, 0.25) is 0 Å². The van der Waals surface area contributed by atoms with E-state index in [9.17, 15) is 18.0 Å². The molecule has 25 heavy (non-hydrogen) atoms. The Hall–Kier alpha value is -2.71. The lowest BCUT2D eigenvalue weighted by Gasteiger charge is -2.18. The minimum Gasteiger partial charge on any atom is -0.494 e. The molecular weight excluding hydrogens is 337 g/mol. The normalized spacial score (nSPS) is 10.8. The first-order valence-corrected chi connectivity index (χ1v) is 7.53. The second-order valence-corrected chi connectivity index (χ2v) is 5.34. The number of nitrogens with zero attached hydrogens (tertiary/aromatic N) is 3. The number of amides is 2. The molecule has 136 valence electrons. The zero-order valence-electron chi connectivity index (χ0n) is 13.9. The highest BCUT2D eigenvalue weighted by Crippen LogP contribution is 2.18. The average molecular weight is 356 g/mol. The van der Waals surface area contributed by atoms with Crippen molar-refractivity contribution >= 4 is 6.03 Å². The predicted octanol–water partition coefficient (Wildman–Crippen LogP) is 2.81. The van der Waals surface area contributed by atoms with Crippen molar-refractivity contribution in [1.82, 2.24) is 19.8 Å². The van der Waals surface area contributed by atoms with Gasteiger partial charge in [0.05, 0.1) is 7.11 Å². The van der Waals surface area contributed by atoms with Gasteiger partial charge in [0.1, 0.15) is 5.82 Å². The quantitative estimate of drug-likeness (QED) is 0.830. The lowest BCUT2D eigenvalue weighted by atomic mass is 10.2. The number of nitrogens with one attached hydrogen (secondary N) is 1. The van der Waals surface area contributed by atoms with E-state index in [-0.39, 0.29) is 31.1 Å². The molecule has 0 fully saturated rings. The number of benzene rings is 1. The van der Waals surface area contributed by atoms with Gasteiger partial charge >= 0.3 is 12.6 Å². The molecule has 0 spiro atoms. The molecule has 1 aromatic heterocycles. The van der Waals surface area contributed by atoms with E-state index < -0.39 is 18.4 Å². The van der Waals surface area contributed by atoms with Gasteiger partial charge in [0.15, 0.2) is 11.6 Å². The van der Waals surface area contributed by atoms with E-state index in [1.165, 1.54) is 36.5 Å². The van der Waals surface area contributed by atoms with E-state index in [0.717, 1.165) is 4.57 Å². The van der Waals surface area contributed by atoms with Gasteiger partial charge in [-0.2, -0.15) is 8.78 Å². The summed E-state index contributed by atoms with van der Waals surface area (Å²) in [6.07, 6.45) is 2.65. The van der Waals surface area contributed by atoms with Crippen LogP contribution in [-0.4, -0.2) is 41.2 Å². The van der Waals surface area contributed by atoms with Crippen LogP contribution >= 0.6 is 0 Å². The van der Waals surface area contributed by atoms with Crippen LogP contribution in [0.5, 0.6) is 5.75 Å². The van der Waals surface area contributed by atoms with Crippen LogP contribution < -0.4 is 10.1 Å². The molecule has 1 aromatic carbocycles. The SMILES string of the molecule is COc1ccc(CN(C)C(=O)NCCc2nccn2C(F)F)cc1F. The summed E-state index contributed by atoms with van der Waals surface area (Å²) in [5.41, 5.74) is 0.601. The maximum Gasteiger partial charge on any atom is 0.319 e. The number of aromatic nitrogens is 2. The lowest BCUT2D eigenvalue weighted by molar-refractivity contribution is 0.0670. The Bertz CT molecular complexity index is 721. The Labute approximate surface area is 143 Å². The van der Waals surface area contributed by atoms with Crippen LogP contribution in [-0.2, 0) is 13.0 Å². The van der Waals surface area contributed by atoms with Gasteiger partial charge in [-0.05, 0) is 17.7 Å². The summed E-state index contributed by atoms with van der Waals surface area (Å²) in [6.45, 7) is -2.32. The number of halogens is 3. The van der Waals surface area contributed by atoms with Crippen molar-refractivity contribution in [2.45, 2.75) is 19.5 Å². The fourth-order valence-electron chi connectivity index (χ4n) is 2.29. The van der Waals surface area contributed by atoms with Crippen LogP contribution in [0, 0.1) is 5.82 Å². The van der Waals surface area contributed by atoms with Crippen molar-refractivity contribution in [3.8, 4) is 5.75 Å². The maximum absolute atomic E-state index is 13.7. The summed E-state index contributed by atoms with van der Waals surface area (Å²) < 4.78 is 44.6. The summed E-state index contributed by atoms with van der Waals surface area (Å²) in [6, 6.07) is 4.04. The topological polar surface area (TPSA) is 59.4 Å². The molecule has 1 heterocycles. The van der Waals surface area contributed by atoms with Gasteiger partial charge in [0, 0.05) is 39.0 Å². The minimum atomic E-state index is -2.67. The molecule has 0 aliphatic rings. The van der Waals surface area contributed by atoms with Gasteiger partial charge in [0.2, 0.25) is 0 Å². The third kappa shape index (κ3) is 4.88. The first kappa shape index (κ1) is 18.6. The average Bonchev–Trinajstić information content (AvgIpc) is 3.03. The van der Waals surface area contributed by atoms with Gasteiger partial charge in [-0.15, -0.1) is 0 Å². The van der Waals surface area contributed by atoms with Crippen LogP contribution in [0.25, 0.3) is 0 Å². The van der Waals surface area contributed by atoms with Crippen molar-refractivity contribution in [2.24, 2.45) is 0 Å². The lowest BCUT2D eigenvalue weighted by Crippen LogP contribution is -2.38. The minimum absolute atomic E-state index is 0.130. The Morgan fingerprint density at radius 3 is 2.84 bits per heavy atom. The first-order valence-electron chi connectivity index (χ1n) is 7.53. The van der Waals surface area contributed by atoms with Gasteiger partial charge < -0.3 is 15.0 Å². The van der Waals surface area contributed by atoms with E-state index in [0.29, 0.717) is 5.56 Å². The number of methoxy groups -OCH3 is 1. The molecule has 1 N–H and O–H groups in total. The summed E-state index contributed by atoms with van der Waals surface area (Å²) in [4.78, 5) is 17.2. The molecule has 9 heteroatoms. The van der Waals surface area contributed by atoms with Crippen LogP contribution in [0.3, 0.4) is 0 Å². The monoisotopic (exact) mass is 356 g/mol. The van der Waals surface area contributed by atoms with Crippen molar-refractivity contribution in [2.75, 3.05) is 20.7 Å². The molecule has 6 nitrogen and oxygen atoms in total. The van der Waals surface area contributed by atoms with Crippen LogP contribution in [0.1, 0.15) is 17.9 Å². The highest BCUT2D eigenvalue weighted by Gasteiger charge is 2.13. The first-order chi connectivity index (χ1) is 11.9. The number of carbonyl (C=O) groups excluding carboxylic acids is 1. The van der Waals surface area contributed by atoms with Gasteiger partial charge in [-0.1, -0.05) is 6.07 Å². The fraction of sp³-hybridized carbons (Fsp3) is 0.375. The summed E-state index contributed by atoms with van der Waals surface area (Å²) >= 11 is 0. The third-order valence-corrected chi connectivity index (χ3v) is 3.57. The van der Waals surface area contributed by atoms with E-state index in [1.54, 1.807) is 13.1 Å². The number of hydrogen-bond acceptors (Lipinski definition) is 3. The van der Waals surface area contributed by atoms with Gasteiger partial charge in [-0.3, -0.25) is 4.57 Å². The largest absolute Gasteiger partial charge is 0.494 e. The van der Waals surface area contributed by atoms with E-state index >= 15 is 0 Å². The molecule has 0 atom stereocenters. The van der Waals surface area contributed by atoms with Crippen LogP contribution in [0.4, 0.5) is 18.0 Å². The smallest absolute Gasteiger partial charge is 0.319 e. The fourth-order valence-corrected chi connectivity index (χ4v) is 2.29. The molecule has 0 aliphatic heterocycles. The zero-order valence-corrected chi connectivity index (χ0v) is 13.9. The molecule has 2 rings (SSSR count). The number of imidazole rings is 1. The predicted molar refractivity (Wildman–Crippen MR) is 85.0 cm³/mol. The number of rotatable bonds is 7. The molecule has 2 aromatic rings. The highest BCUT2D eigenvalue weighted by molar-refractivity contribution is 5.73. The standard InChI is InChI=1S/C16H19F3N4O2/c1-22(10-11-3-4-13(25-2)12(17)9-11)16(24)21-6-5-14-20-7-8-23(14)15(18)19/h3-4,7-9,15H,5-6,10H2,1-2H3,(H,21,24). The number of urea groups is 1. The van der Waals surface area contributed by atoms with Crippen molar-refractivity contribution in [3.05, 3.63) is 47.8 Å². The Balaban J connectivity index is 1.84. The van der Waals surface area contributed by atoms with Gasteiger partial charge in [-0.25, -0.2) is 14.2 Å². The number of alkyl halides is 2. The van der Waals surface area contributed by atoms with E-state index in [1.807, 2.05) is 0 Å². The molecular formula is C16H19F3N4O2. The van der Waals surface area contributed by atoms with E-state index in [4.69, 9.17) is 4.74 Å². The third-order valence-electron chi connectivity index (χ3n) is 3.57. The van der Waals surface area contributed by atoms with Gasteiger partial charge in [0.25, 0.3) is 0 Å². The van der Waals surface area contributed by atoms with Crippen molar-refractivity contribution in [3.63, 3.8) is 0 Å². The summed E-state index contributed by atoms with van der Waals surface area (Å²) in [7, 11) is 2.93. The Morgan fingerprint density at radius 2 is 2.20 bits per heavy atom. The molecule has 0 bridgehead atoms. The molecule has 0 unspecified atom stereocenters.